The van der Waals surface area contributed by atoms with Crippen molar-refractivity contribution in [2.75, 3.05) is 11.9 Å². The first-order valence-electron chi connectivity index (χ1n) is 6.65. The number of hydrogen-bond acceptors (Lipinski definition) is 4. The number of nitrogens with zero attached hydrogens (tertiary/aromatic N) is 1. The van der Waals surface area contributed by atoms with Gasteiger partial charge in [0.15, 0.2) is 5.78 Å². The third kappa shape index (κ3) is 1.52. The fraction of sp³-hybridized carbons (Fsp3) is 0.400. The molecule has 1 spiro atoms. The molecule has 3 rings (SSSR count). The molecule has 0 radical (unpaired) electrons. The van der Waals surface area contributed by atoms with Crippen molar-refractivity contribution < 1.29 is 14.4 Å². The van der Waals surface area contributed by atoms with E-state index in [0.717, 1.165) is 11.3 Å². The number of hydrogen-bond donors (Lipinski definition) is 1. The molecule has 2 heterocycles. The van der Waals surface area contributed by atoms with Crippen LogP contribution in [0.2, 0.25) is 0 Å². The van der Waals surface area contributed by atoms with Crippen molar-refractivity contribution in [2.24, 2.45) is 5.41 Å². The highest BCUT2D eigenvalue weighted by molar-refractivity contribution is 6.22. The number of imide groups is 1. The quantitative estimate of drug-likeness (QED) is 0.557. The Morgan fingerprint density at radius 3 is 2.65 bits per heavy atom. The molecule has 5 heteroatoms. The summed E-state index contributed by atoms with van der Waals surface area (Å²) < 4.78 is 0. The van der Waals surface area contributed by atoms with Crippen molar-refractivity contribution in [3.05, 3.63) is 29.8 Å². The Morgan fingerprint density at radius 1 is 1.25 bits per heavy atom. The summed E-state index contributed by atoms with van der Waals surface area (Å²) in [5.41, 5.74) is 0.839. The van der Waals surface area contributed by atoms with E-state index in [1.165, 1.54) is 0 Å². The van der Waals surface area contributed by atoms with Gasteiger partial charge in [-0.2, -0.15) is 0 Å². The van der Waals surface area contributed by atoms with Gasteiger partial charge in [-0.15, -0.1) is 0 Å². The van der Waals surface area contributed by atoms with Gasteiger partial charge in [-0.05, 0) is 25.0 Å². The Morgan fingerprint density at radius 2 is 1.95 bits per heavy atom. The average molecular weight is 272 g/mol. The number of carbonyl (C=O) groups excluding carboxylic acids is 3. The Bertz CT molecular complexity index is 603. The minimum atomic E-state index is -1.16. The average Bonchev–Trinajstić information content (AvgIpc) is 2.41. The number of carbonyl (C=O) groups is 3. The lowest BCUT2D eigenvalue weighted by molar-refractivity contribution is -0.151. The minimum absolute atomic E-state index is 0.216. The summed E-state index contributed by atoms with van der Waals surface area (Å²) in [5.74, 6) is -1.24. The third-order valence-electron chi connectivity index (χ3n) is 4.61. The highest BCUT2D eigenvalue weighted by Gasteiger charge is 2.56. The van der Waals surface area contributed by atoms with Crippen LogP contribution in [0, 0.1) is 5.41 Å². The zero-order valence-corrected chi connectivity index (χ0v) is 11.5. The van der Waals surface area contributed by atoms with E-state index in [9.17, 15) is 14.4 Å². The SMILES string of the molecule is CC1N(C)c2ccccc2CC12C(=O)CC(=O)NC2=O. The summed E-state index contributed by atoms with van der Waals surface area (Å²) in [4.78, 5) is 38.2. The fourth-order valence-corrected chi connectivity index (χ4v) is 3.31. The topological polar surface area (TPSA) is 66.5 Å². The van der Waals surface area contributed by atoms with Gasteiger partial charge in [-0.25, -0.2) is 0 Å². The molecule has 0 bridgehead atoms. The van der Waals surface area contributed by atoms with Crippen LogP contribution in [0.25, 0.3) is 0 Å². The minimum Gasteiger partial charge on any atom is -0.370 e. The number of ketones is 1. The maximum absolute atomic E-state index is 12.4. The van der Waals surface area contributed by atoms with Crippen molar-refractivity contribution in [1.82, 2.24) is 5.32 Å². The van der Waals surface area contributed by atoms with Gasteiger partial charge in [0.2, 0.25) is 11.8 Å². The molecular weight excluding hydrogens is 256 g/mol. The zero-order chi connectivity index (χ0) is 14.5. The van der Waals surface area contributed by atoms with Crippen molar-refractivity contribution in [1.29, 1.82) is 0 Å². The van der Waals surface area contributed by atoms with Gasteiger partial charge in [0.05, 0.1) is 6.42 Å². The Kier molecular flexibility index (Phi) is 2.67. The third-order valence-corrected chi connectivity index (χ3v) is 4.61. The van der Waals surface area contributed by atoms with Gasteiger partial charge >= 0.3 is 0 Å². The molecule has 2 amide bonds. The van der Waals surface area contributed by atoms with Gasteiger partial charge in [0, 0.05) is 18.8 Å². The van der Waals surface area contributed by atoms with E-state index >= 15 is 0 Å². The maximum Gasteiger partial charge on any atom is 0.242 e. The first-order valence-corrected chi connectivity index (χ1v) is 6.65. The Balaban J connectivity index is 2.13. The summed E-state index contributed by atoms with van der Waals surface area (Å²) in [6.45, 7) is 1.86. The van der Waals surface area contributed by atoms with Gasteiger partial charge < -0.3 is 4.90 Å². The molecule has 2 aliphatic rings. The molecular formula is C15H16N2O3. The van der Waals surface area contributed by atoms with E-state index in [2.05, 4.69) is 5.32 Å². The first kappa shape index (κ1) is 12.8. The van der Waals surface area contributed by atoms with Crippen molar-refractivity contribution in [2.45, 2.75) is 25.8 Å². The second kappa shape index (κ2) is 4.16. The van der Waals surface area contributed by atoms with Gasteiger partial charge in [0.1, 0.15) is 5.41 Å². The first-order chi connectivity index (χ1) is 9.46. The van der Waals surface area contributed by atoms with E-state index in [1.54, 1.807) is 0 Å². The van der Waals surface area contributed by atoms with Crippen LogP contribution >= 0.6 is 0 Å². The highest BCUT2D eigenvalue weighted by Crippen LogP contribution is 2.43. The van der Waals surface area contributed by atoms with Crippen LogP contribution in [0.15, 0.2) is 24.3 Å². The molecule has 5 nitrogen and oxygen atoms in total. The zero-order valence-electron chi connectivity index (χ0n) is 11.5. The van der Waals surface area contributed by atoms with Crippen LogP contribution in [0.5, 0.6) is 0 Å². The lowest BCUT2D eigenvalue weighted by atomic mass is 9.66. The lowest BCUT2D eigenvalue weighted by Gasteiger charge is -2.47. The number of rotatable bonds is 0. The number of para-hydroxylation sites is 1. The summed E-state index contributed by atoms with van der Waals surface area (Å²) in [6.07, 6.45) is 0.138. The van der Waals surface area contributed by atoms with Crippen LogP contribution in [0.3, 0.4) is 0 Å². The largest absolute Gasteiger partial charge is 0.370 e. The molecule has 1 aromatic rings. The maximum atomic E-state index is 12.4. The van der Waals surface area contributed by atoms with Crippen molar-refractivity contribution in [3.8, 4) is 0 Å². The van der Waals surface area contributed by atoms with Gasteiger partial charge in [-0.3, -0.25) is 19.7 Å². The predicted molar refractivity (Wildman–Crippen MR) is 73.2 cm³/mol. The normalized spacial score (nSPS) is 29.4. The molecule has 0 aliphatic carbocycles. The number of benzene rings is 1. The number of fused-ring (bicyclic) bond motifs is 1. The van der Waals surface area contributed by atoms with E-state index in [4.69, 9.17) is 0 Å². The molecule has 1 aromatic carbocycles. The van der Waals surface area contributed by atoms with Crippen LogP contribution in [0.1, 0.15) is 18.9 Å². The second-order valence-corrected chi connectivity index (χ2v) is 5.54. The van der Waals surface area contributed by atoms with Crippen LogP contribution in [-0.2, 0) is 20.8 Å². The monoisotopic (exact) mass is 272 g/mol. The second-order valence-electron chi connectivity index (χ2n) is 5.54. The number of Topliss-reactive ketones (excluding diaryl/α,β-unsaturated/α-hetero) is 1. The van der Waals surface area contributed by atoms with Gasteiger partial charge in [0.25, 0.3) is 0 Å². The van der Waals surface area contributed by atoms with E-state index in [1.807, 2.05) is 43.1 Å². The van der Waals surface area contributed by atoms with Crippen molar-refractivity contribution >= 4 is 23.3 Å². The Hall–Kier alpha value is -2.17. The summed E-state index contributed by atoms with van der Waals surface area (Å²) in [5, 5.41) is 2.33. The van der Waals surface area contributed by atoms with Gasteiger partial charge in [-0.1, -0.05) is 18.2 Å². The van der Waals surface area contributed by atoms with Crippen LogP contribution < -0.4 is 10.2 Å². The number of nitrogens with one attached hydrogen (secondary N) is 1. The standard InChI is InChI=1S/C15H16N2O3/c1-9-15(12(18)7-13(19)16-14(15)20)8-10-5-3-4-6-11(10)17(9)2/h3-6,9H,7-8H2,1-2H3,(H,16,19,20). The predicted octanol–water partition coefficient (Wildman–Crippen LogP) is 0.669. The van der Waals surface area contributed by atoms with E-state index < -0.39 is 17.2 Å². The number of amides is 2. The molecule has 0 aromatic heterocycles. The van der Waals surface area contributed by atoms with Crippen LogP contribution in [-0.4, -0.2) is 30.7 Å². The fourth-order valence-electron chi connectivity index (χ4n) is 3.31. The smallest absolute Gasteiger partial charge is 0.242 e. The number of piperidine rings is 1. The van der Waals surface area contributed by atoms with E-state index in [-0.39, 0.29) is 18.2 Å². The number of anilines is 1. The summed E-state index contributed by atoms with van der Waals surface area (Å²) in [6, 6.07) is 7.46. The molecule has 2 aliphatic heterocycles. The molecule has 1 fully saturated rings. The molecule has 1 N–H and O–H groups in total. The highest BCUT2D eigenvalue weighted by atomic mass is 16.2. The molecule has 2 unspecified atom stereocenters. The molecule has 1 saturated heterocycles. The molecule has 104 valence electrons. The van der Waals surface area contributed by atoms with E-state index in [0.29, 0.717) is 6.42 Å². The summed E-state index contributed by atoms with van der Waals surface area (Å²) in [7, 11) is 1.88. The molecule has 20 heavy (non-hydrogen) atoms. The van der Waals surface area contributed by atoms with Crippen LogP contribution in [0.4, 0.5) is 5.69 Å². The van der Waals surface area contributed by atoms with Crippen molar-refractivity contribution in [3.63, 3.8) is 0 Å². The molecule has 2 atom stereocenters. The summed E-state index contributed by atoms with van der Waals surface area (Å²) >= 11 is 0. The molecule has 0 saturated carbocycles. The Labute approximate surface area is 116 Å². The lowest BCUT2D eigenvalue weighted by Crippen LogP contribution is -2.65.